The summed E-state index contributed by atoms with van der Waals surface area (Å²) in [6.45, 7) is 5.06. The number of rotatable bonds is 5. The standard InChI is InChI=1S/C12H20ClN3O2S/c1-3-4-10-5-6-16(8-10)19(17,18)12-9(2)14-15-11(12)7-13/h10H,3-8H2,1-2H3,(H,14,15). The highest BCUT2D eigenvalue weighted by Crippen LogP contribution is 2.29. The van der Waals surface area contributed by atoms with Crippen LogP contribution in [0.1, 0.15) is 37.6 Å². The van der Waals surface area contributed by atoms with Crippen LogP contribution in [0.3, 0.4) is 0 Å². The molecule has 0 aromatic carbocycles. The van der Waals surface area contributed by atoms with Crippen molar-refractivity contribution in [2.75, 3.05) is 13.1 Å². The lowest BCUT2D eigenvalue weighted by Crippen LogP contribution is -2.29. The smallest absolute Gasteiger partial charge is 0.246 e. The van der Waals surface area contributed by atoms with Crippen LogP contribution in [0.4, 0.5) is 0 Å². The molecule has 0 spiro atoms. The number of hydrogen-bond acceptors (Lipinski definition) is 3. The molecule has 108 valence electrons. The topological polar surface area (TPSA) is 66.1 Å². The average molecular weight is 306 g/mol. The van der Waals surface area contributed by atoms with Gasteiger partial charge in [0.05, 0.1) is 17.3 Å². The van der Waals surface area contributed by atoms with Crippen molar-refractivity contribution in [2.45, 2.75) is 43.9 Å². The zero-order valence-electron chi connectivity index (χ0n) is 11.3. The Balaban J connectivity index is 2.26. The average Bonchev–Trinajstić information content (AvgIpc) is 2.96. The molecule has 1 N–H and O–H groups in total. The van der Waals surface area contributed by atoms with E-state index >= 15 is 0 Å². The van der Waals surface area contributed by atoms with E-state index in [0.29, 0.717) is 30.4 Å². The van der Waals surface area contributed by atoms with Gasteiger partial charge in [0.2, 0.25) is 10.0 Å². The number of aromatic amines is 1. The Kier molecular flexibility index (Phi) is 4.53. The van der Waals surface area contributed by atoms with Crippen molar-refractivity contribution in [3.8, 4) is 0 Å². The quantitative estimate of drug-likeness (QED) is 0.849. The summed E-state index contributed by atoms with van der Waals surface area (Å²) in [5, 5.41) is 6.68. The molecule has 1 aliphatic heterocycles. The summed E-state index contributed by atoms with van der Waals surface area (Å²) in [6, 6.07) is 0. The van der Waals surface area contributed by atoms with Gasteiger partial charge in [-0.05, 0) is 25.7 Å². The molecule has 2 rings (SSSR count). The molecule has 1 atom stereocenters. The van der Waals surface area contributed by atoms with Crippen molar-refractivity contribution in [3.05, 3.63) is 11.4 Å². The summed E-state index contributed by atoms with van der Waals surface area (Å²) >= 11 is 5.77. The van der Waals surface area contributed by atoms with Gasteiger partial charge in [-0.1, -0.05) is 13.3 Å². The Bertz CT molecular complexity index is 541. The number of nitrogens with zero attached hydrogens (tertiary/aromatic N) is 2. The van der Waals surface area contributed by atoms with E-state index in [1.165, 1.54) is 0 Å². The Morgan fingerprint density at radius 2 is 2.26 bits per heavy atom. The largest absolute Gasteiger partial charge is 0.281 e. The molecule has 2 heterocycles. The van der Waals surface area contributed by atoms with Gasteiger partial charge in [0.25, 0.3) is 0 Å². The number of aromatic nitrogens is 2. The first-order valence-corrected chi connectivity index (χ1v) is 8.58. The van der Waals surface area contributed by atoms with Gasteiger partial charge in [0.1, 0.15) is 4.90 Å². The second kappa shape index (κ2) is 5.81. The van der Waals surface area contributed by atoms with Gasteiger partial charge in [-0.2, -0.15) is 9.40 Å². The summed E-state index contributed by atoms with van der Waals surface area (Å²) in [4.78, 5) is 0.264. The molecule has 19 heavy (non-hydrogen) atoms. The van der Waals surface area contributed by atoms with E-state index in [1.54, 1.807) is 11.2 Å². The van der Waals surface area contributed by atoms with E-state index in [9.17, 15) is 8.42 Å². The highest BCUT2D eigenvalue weighted by atomic mass is 35.5. The van der Waals surface area contributed by atoms with Crippen LogP contribution in [-0.2, 0) is 15.9 Å². The fourth-order valence-electron chi connectivity index (χ4n) is 2.69. The van der Waals surface area contributed by atoms with Gasteiger partial charge in [-0.15, -0.1) is 11.6 Å². The predicted molar refractivity (Wildman–Crippen MR) is 74.7 cm³/mol. The minimum Gasteiger partial charge on any atom is -0.281 e. The molecule has 0 amide bonds. The zero-order valence-corrected chi connectivity index (χ0v) is 12.9. The maximum Gasteiger partial charge on any atom is 0.246 e. The third-order valence-electron chi connectivity index (χ3n) is 3.63. The van der Waals surface area contributed by atoms with Crippen molar-refractivity contribution in [3.63, 3.8) is 0 Å². The number of aryl methyl sites for hydroxylation is 1. The van der Waals surface area contributed by atoms with Crippen molar-refractivity contribution in [2.24, 2.45) is 5.92 Å². The maximum atomic E-state index is 12.7. The Morgan fingerprint density at radius 3 is 2.89 bits per heavy atom. The molecule has 5 nitrogen and oxygen atoms in total. The summed E-state index contributed by atoms with van der Waals surface area (Å²) in [7, 11) is -3.46. The highest BCUT2D eigenvalue weighted by molar-refractivity contribution is 7.89. The number of H-pyrrole nitrogens is 1. The van der Waals surface area contributed by atoms with E-state index < -0.39 is 10.0 Å². The molecule has 1 fully saturated rings. The second-order valence-corrected chi connectivity index (χ2v) is 7.21. The number of nitrogens with one attached hydrogen (secondary N) is 1. The normalized spacial score (nSPS) is 21.1. The van der Waals surface area contributed by atoms with Gasteiger partial charge >= 0.3 is 0 Å². The first kappa shape index (κ1) is 14.8. The fourth-order valence-corrected chi connectivity index (χ4v) is 4.82. The molecule has 7 heteroatoms. The lowest BCUT2D eigenvalue weighted by atomic mass is 10.0. The zero-order chi connectivity index (χ0) is 14.0. The molecule has 0 radical (unpaired) electrons. The van der Waals surface area contributed by atoms with Crippen LogP contribution in [0.2, 0.25) is 0 Å². The van der Waals surface area contributed by atoms with Crippen LogP contribution in [-0.4, -0.2) is 36.0 Å². The van der Waals surface area contributed by atoms with Gasteiger partial charge in [0, 0.05) is 13.1 Å². The monoisotopic (exact) mass is 305 g/mol. The van der Waals surface area contributed by atoms with Gasteiger partial charge in [-0.3, -0.25) is 5.10 Å². The predicted octanol–water partition coefficient (Wildman–Crippen LogP) is 2.27. The lowest BCUT2D eigenvalue weighted by molar-refractivity contribution is 0.444. The molecule has 0 aliphatic carbocycles. The van der Waals surface area contributed by atoms with Crippen LogP contribution in [0.5, 0.6) is 0 Å². The van der Waals surface area contributed by atoms with Crippen LogP contribution in [0, 0.1) is 12.8 Å². The number of alkyl halides is 1. The van der Waals surface area contributed by atoms with E-state index in [1.807, 2.05) is 0 Å². The molecular formula is C12H20ClN3O2S. The van der Waals surface area contributed by atoms with Gasteiger partial charge in [-0.25, -0.2) is 8.42 Å². The third kappa shape index (κ3) is 2.80. The molecule has 1 saturated heterocycles. The first-order valence-electron chi connectivity index (χ1n) is 6.60. The van der Waals surface area contributed by atoms with E-state index in [-0.39, 0.29) is 10.8 Å². The molecule has 1 aliphatic rings. The van der Waals surface area contributed by atoms with Crippen LogP contribution in [0.15, 0.2) is 4.90 Å². The number of halogens is 1. The first-order chi connectivity index (χ1) is 9.00. The Hall–Kier alpha value is -0.590. The lowest BCUT2D eigenvalue weighted by Gasteiger charge is -2.16. The Morgan fingerprint density at radius 1 is 1.53 bits per heavy atom. The van der Waals surface area contributed by atoms with Crippen LogP contribution >= 0.6 is 11.6 Å². The third-order valence-corrected chi connectivity index (χ3v) is 5.95. The molecular weight excluding hydrogens is 286 g/mol. The van der Waals surface area contributed by atoms with Crippen molar-refractivity contribution in [1.29, 1.82) is 0 Å². The fraction of sp³-hybridized carbons (Fsp3) is 0.750. The second-order valence-electron chi connectivity index (χ2n) is 5.06. The van der Waals surface area contributed by atoms with Gasteiger partial charge < -0.3 is 0 Å². The summed E-state index contributed by atoms with van der Waals surface area (Å²) in [5.41, 5.74) is 0.979. The van der Waals surface area contributed by atoms with E-state index in [2.05, 4.69) is 17.1 Å². The molecule has 1 aromatic heterocycles. The Labute approximate surface area is 119 Å². The molecule has 1 unspecified atom stereocenters. The van der Waals surface area contributed by atoms with Crippen molar-refractivity contribution in [1.82, 2.24) is 14.5 Å². The molecule has 0 saturated carbocycles. The highest BCUT2D eigenvalue weighted by Gasteiger charge is 2.35. The summed E-state index contributed by atoms with van der Waals surface area (Å²) < 4.78 is 26.9. The van der Waals surface area contributed by atoms with Crippen molar-refractivity contribution >= 4 is 21.6 Å². The maximum absolute atomic E-state index is 12.7. The SMILES string of the molecule is CCCC1CCN(S(=O)(=O)c2c(CCl)n[nH]c2C)C1. The van der Waals surface area contributed by atoms with Crippen LogP contribution < -0.4 is 0 Å². The minimum atomic E-state index is -3.46. The van der Waals surface area contributed by atoms with E-state index in [4.69, 9.17) is 11.6 Å². The van der Waals surface area contributed by atoms with Crippen molar-refractivity contribution < 1.29 is 8.42 Å². The van der Waals surface area contributed by atoms with E-state index in [0.717, 1.165) is 19.3 Å². The number of hydrogen-bond donors (Lipinski definition) is 1. The minimum absolute atomic E-state index is 0.102. The summed E-state index contributed by atoms with van der Waals surface area (Å²) in [6.07, 6.45) is 3.12. The van der Waals surface area contributed by atoms with Crippen LogP contribution in [0.25, 0.3) is 0 Å². The van der Waals surface area contributed by atoms with Gasteiger partial charge in [0.15, 0.2) is 0 Å². The molecule has 0 bridgehead atoms. The molecule has 1 aromatic rings. The summed E-state index contributed by atoms with van der Waals surface area (Å²) in [5.74, 6) is 0.580. The number of sulfonamides is 1.